The van der Waals surface area contributed by atoms with Gasteiger partial charge in [0.2, 0.25) is 10.5 Å². The molecule has 35 heavy (non-hydrogen) atoms. The molecule has 184 valence electrons. The number of hydrogen-bond donors (Lipinski definition) is 2. The largest absolute Gasteiger partial charge is 0.439 e. The van der Waals surface area contributed by atoms with E-state index in [0.717, 1.165) is 24.5 Å². The Balaban J connectivity index is 1.44. The molecule has 2 aliphatic rings. The van der Waals surface area contributed by atoms with E-state index in [9.17, 15) is 15.0 Å². The first-order valence-electron chi connectivity index (χ1n) is 12.2. The van der Waals surface area contributed by atoms with Crippen LogP contribution in [0.3, 0.4) is 0 Å². The molecule has 5 rings (SSSR count). The number of aromatic nitrogens is 1. The van der Waals surface area contributed by atoms with E-state index in [1.165, 1.54) is 27.0 Å². The summed E-state index contributed by atoms with van der Waals surface area (Å²) in [5.41, 5.74) is 2.20. The normalized spacial score (nSPS) is 22.7. The Hall–Kier alpha value is -2.39. The van der Waals surface area contributed by atoms with Crippen LogP contribution in [-0.2, 0) is 17.8 Å². The highest BCUT2D eigenvalue weighted by Gasteiger charge is 2.51. The van der Waals surface area contributed by atoms with Crippen molar-refractivity contribution in [1.82, 2.24) is 0 Å². The van der Waals surface area contributed by atoms with Gasteiger partial charge in [0.05, 0.1) is 36.5 Å². The maximum atomic E-state index is 13.5. The lowest BCUT2D eigenvalue weighted by Crippen LogP contribution is -2.53. The third-order valence-electron chi connectivity index (χ3n) is 6.87. The van der Waals surface area contributed by atoms with Crippen LogP contribution in [0.2, 0.25) is 0 Å². The molecule has 3 aromatic rings. The molecule has 2 N–H and O–H groups in total. The Kier molecular flexibility index (Phi) is 7.16. The smallest absolute Gasteiger partial charge is 0.239 e. The van der Waals surface area contributed by atoms with E-state index in [1.807, 2.05) is 42.5 Å². The number of ether oxygens (including phenoxy) is 1. The van der Waals surface area contributed by atoms with Crippen molar-refractivity contribution in [2.75, 3.05) is 24.7 Å². The quantitative estimate of drug-likeness (QED) is 0.426. The Morgan fingerprint density at radius 2 is 1.89 bits per heavy atom. The summed E-state index contributed by atoms with van der Waals surface area (Å²) in [4.78, 5) is 15.6. The van der Waals surface area contributed by atoms with Gasteiger partial charge in [0.15, 0.2) is 11.6 Å². The van der Waals surface area contributed by atoms with Crippen molar-refractivity contribution in [3.05, 3.63) is 65.5 Å². The summed E-state index contributed by atoms with van der Waals surface area (Å²) in [6, 6.07) is 16.2. The molecule has 1 fully saturated rings. The molecule has 8 heteroatoms. The lowest BCUT2D eigenvalue weighted by Gasteiger charge is -2.42. The second-order valence-corrected chi connectivity index (χ2v) is 11.5. The molecule has 1 aliphatic heterocycles. The number of aliphatic hydroxyl groups excluding tert-OH is 2. The monoisotopic (exact) mass is 511 g/mol. The maximum Gasteiger partial charge on any atom is 0.239 e. The molecular weight excluding hydrogens is 480 g/mol. The van der Waals surface area contributed by atoms with E-state index in [-0.39, 0.29) is 41.3 Å². The van der Waals surface area contributed by atoms with Gasteiger partial charge < -0.3 is 19.8 Å². The summed E-state index contributed by atoms with van der Waals surface area (Å²) >= 11 is 3.27. The van der Waals surface area contributed by atoms with Crippen molar-refractivity contribution in [2.24, 2.45) is 11.8 Å². The fourth-order valence-corrected chi connectivity index (χ4v) is 7.77. The van der Waals surface area contributed by atoms with Crippen LogP contribution in [0.1, 0.15) is 18.9 Å². The molecule has 1 aliphatic carbocycles. The third kappa shape index (κ3) is 4.37. The lowest BCUT2D eigenvalue weighted by molar-refractivity contribution is -0.671. The number of aryl methyl sites for hydroxylation is 1. The molecule has 1 aromatic heterocycles. The van der Waals surface area contributed by atoms with E-state index >= 15 is 0 Å². The van der Waals surface area contributed by atoms with E-state index in [1.54, 1.807) is 11.3 Å². The van der Waals surface area contributed by atoms with Crippen molar-refractivity contribution in [1.29, 1.82) is 0 Å². The molecule has 3 atom stereocenters. The average molecular weight is 512 g/mol. The fraction of sp³-hybridized carbons (Fsp3) is 0.407. The van der Waals surface area contributed by atoms with Gasteiger partial charge in [0.25, 0.3) is 0 Å². The van der Waals surface area contributed by atoms with Crippen LogP contribution in [0.15, 0.2) is 60.5 Å². The number of thiazole rings is 1. The lowest BCUT2D eigenvalue weighted by atomic mass is 9.71. The molecule has 2 heterocycles. The van der Waals surface area contributed by atoms with Crippen molar-refractivity contribution in [3.63, 3.8) is 0 Å². The number of thioether (sulfide) groups is 1. The Bertz CT molecular complexity index is 1250. The van der Waals surface area contributed by atoms with Crippen LogP contribution in [0.5, 0.6) is 5.75 Å². The summed E-state index contributed by atoms with van der Waals surface area (Å²) < 4.78 is 9.64. The third-order valence-corrected chi connectivity index (χ3v) is 9.68. The molecule has 0 radical (unpaired) electrons. The number of benzene rings is 2. The Morgan fingerprint density at radius 1 is 1.14 bits per heavy atom. The molecule has 3 unspecified atom stereocenters. The molecule has 0 saturated heterocycles. The Labute approximate surface area is 213 Å². The van der Waals surface area contributed by atoms with E-state index < -0.39 is 0 Å². The number of allylic oxidation sites excluding steroid dienone is 1. The summed E-state index contributed by atoms with van der Waals surface area (Å²) in [5.74, 6) is 1.18. The summed E-state index contributed by atoms with van der Waals surface area (Å²) in [6.07, 6.45) is 2.61. The fourth-order valence-electron chi connectivity index (χ4n) is 5.07. The summed E-state index contributed by atoms with van der Waals surface area (Å²) in [6.45, 7) is 5.53. The van der Waals surface area contributed by atoms with Gasteiger partial charge in [-0.3, -0.25) is 4.79 Å². The minimum absolute atomic E-state index is 0.0409. The van der Waals surface area contributed by atoms with Crippen molar-refractivity contribution in [3.8, 4) is 5.75 Å². The maximum absolute atomic E-state index is 13.5. The number of anilines is 1. The predicted octanol–water partition coefficient (Wildman–Crippen LogP) is 3.78. The summed E-state index contributed by atoms with van der Waals surface area (Å²) in [7, 11) is 0. The van der Waals surface area contributed by atoms with Gasteiger partial charge in [0, 0.05) is 23.8 Å². The van der Waals surface area contributed by atoms with E-state index in [2.05, 4.69) is 35.4 Å². The number of para-hydroxylation sites is 3. The average Bonchev–Trinajstić information content (AvgIpc) is 3.44. The molecular formula is C27H31N2O4S2+. The van der Waals surface area contributed by atoms with Gasteiger partial charge in [-0.2, -0.15) is 4.57 Å². The first-order valence-corrected chi connectivity index (χ1v) is 13.9. The van der Waals surface area contributed by atoms with Crippen molar-refractivity contribution >= 4 is 44.8 Å². The van der Waals surface area contributed by atoms with Gasteiger partial charge in [-0.05, 0) is 38.1 Å². The SMILES string of the molecule is CCN1/C(=C\C2C(=O)C(Cc3sc4ccccc4[n+]3CC)C2SC(CO)CO)Oc2ccccc21. The molecule has 0 bridgehead atoms. The zero-order valence-corrected chi connectivity index (χ0v) is 21.6. The van der Waals surface area contributed by atoms with Crippen LogP contribution in [0.4, 0.5) is 5.69 Å². The molecule has 2 aromatic carbocycles. The number of carbonyl (C=O) groups excluding carboxylic acids is 1. The first kappa shape index (κ1) is 24.3. The minimum Gasteiger partial charge on any atom is -0.439 e. The zero-order valence-electron chi connectivity index (χ0n) is 20.0. The number of carbonyl (C=O) groups is 1. The Morgan fingerprint density at radius 3 is 2.63 bits per heavy atom. The van der Waals surface area contributed by atoms with Gasteiger partial charge in [-0.25, -0.2) is 0 Å². The molecule has 0 amide bonds. The second kappa shape index (κ2) is 10.3. The summed E-state index contributed by atoms with van der Waals surface area (Å²) in [5, 5.41) is 20.4. The number of hydrogen-bond acceptors (Lipinski definition) is 7. The van der Waals surface area contributed by atoms with Gasteiger partial charge >= 0.3 is 0 Å². The van der Waals surface area contributed by atoms with Crippen LogP contribution in [0, 0.1) is 11.8 Å². The van der Waals surface area contributed by atoms with E-state index in [4.69, 9.17) is 4.74 Å². The number of rotatable bonds is 9. The number of aliphatic hydroxyl groups is 2. The highest BCUT2D eigenvalue weighted by atomic mass is 32.2. The highest BCUT2D eigenvalue weighted by Crippen LogP contribution is 2.47. The van der Waals surface area contributed by atoms with Crippen LogP contribution >= 0.6 is 23.1 Å². The van der Waals surface area contributed by atoms with Crippen LogP contribution in [0.25, 0.3) is 10.2 Å². The zero-order chi connectivity index (χ0) is 24.5. The van der Waals surface area contributed by atoms with Crippen LogP contribution in [-0.4, -0.2) is 46.3 Å². The van der Waals surface area contributed by atoms with Crippen molar-refractivity contribution in [2.45, 2.75) is 37.3 Å². The van der Waals surface area contributed by atoms with E-state index in [0.29, 0.717) is 12.3 Å². The number of ketones is 1. The molecule has 0 spiro atoms. The number of nitrogens with zero attached hydrogens (tertiary/aromatic N) is 2. The molecule has 6 nitrogen and oxygen atoms in total. The topological polar surface area (TPSA) is 73.9 Å². The number of Topliss-reactive ketones (excluding diaryl/α,β-unsaturated/α-hetero) is 1. The van der Waals surface area contributed by atoms with Gasteiger partial charge in [-0.1, -0.05) is 35.6 Å². The highest BCUT2D eigenvalue weighted by molar-refractivity contribution is 8.00. The standard InChI is InChI=1S/C27H31N2O4S2/c1-3-28-20-9-5-7-11-22(20)33-24(28)13-18-26(32)19(27(18)34-17(15-30)16-31)14-25-29(4-2)21-10-6-8-12-23(21)35-25/h5-13,17-19,27,30-31H,3-4,14-16H2,1-2H3/q+1/b24-13+. The van der Waals surface area contributed by atoms with Crippen molar-refractivity contribution < 1.29 is 24.3 Å². The minimum atomic E-state index is -0.326. The first-order chi connectivity index (χ1) is 17.1. The number of fused-ring (bicyclic) bond motifs is 2. The van der Waals surface area contributed by atoms with Gasteiger partial charge in [0.1, 0.15) is 17.0 Å². The second-order valence-electron chi connectivity index (χ2n) is 8.85. The van der Waals surface area contributed by atoms with Crippen LogP contribution < -0.4 is 14.2 Å². The predicted molar refractivity (Wildman–Crippen MR) is 141 cm³/mol. The van der Waals surface area contributed by atoms with Gasteiger partial charge in [-0.15, -0.1) is 11.8 Å². The molecule has 1 saturated carbocycles.